The highest BCUT2D eigenvalue weighted by Gasteiger charge is 2.12. The lowest BCUT2D eigenvalue weighted by Gasteiger charge is -2.12. The van der Waals surface area contributed by atoms with Crippen LogP contribution < -0.4 is 14.8 Å². The maximum atomic E-state index is 12.4. The molecule has 0 saturated carbocycles. The first kappa shape index (κ1) is 21.8. The molecule has 150 valence electrons. The molecule has 0 aromatic heterocycles. The van der Waals surface area contributed by atoms with Crippen molar-refractivity contribution in [3.8, 4) is 17.6 Å². The van der Waals surface area contributed by atoms with Crippen LogP contribution in [-0.4, -0.2) is 32.2 Å². The third-order valence-corrected chi connectivity index (χ3v) is 3.83. The number of methoxy groups -OCH3 is 1. The Labute approximate surface area is 173 Å². The minimum Gasteiger partial charge on any atom is -0.490 e. The van der Waals surface area contributed by atoms with Gasteiger partial charge in [0.05, 0.1) is 13.7 Å². The van der Waals surface area contributed by atoms with E-state index in [0.29, 0.717) is 34.4 Å². The standard InChI is InChI=1S/C21H19ClN2O5/c1-3-28-19-10-14(7-8-18(19)29-13-20(25)27-2)9-15(12-23)21(26)24-17-6-4-5-16(22)11-17/h4-11H,3,13H2,1-2H3,(H,24,26)/b15-9+. The van der Waals surface area contributed by atoms with Crippen LogP contribution in [0.1, 0.15) is 12.5 Å². The number of ether oxygens (including phenoxy) is 3. The largest absolute Gasteiger partial charge is 0.490 e. The van der Waals surface area contributed by atoms with Gasteiger partial charge >= 0.3 is 5.97 Å². The molecule has 8 heteroatoms. The first-order chi connectivity index (χ1) is 14.0. The maximum absolute atomic E-state index is 12.4. The minimum atomic E-state index is -0.571. The van der Waals surface area contributed by atoms with Gasteiger partial charge in [-0.3, -0.25) is 4.79 Å². The topological polar surface area (TPSA) is 97.6 Å². The van der Waals surface area contributed by atoms with Crippen LogP contribution in [-0.2, 0) is 14.3 Å². The fraction of sp³-hybridized carbons (Fsp3) is 0.190. The minimum absolute atomic E-state index is 0.101. The van der Waals surface area contributed by atoms with Crippen LogP contribution in [0, 0.1) is 11.3 Å². The van der Waals surface area contributed by atoms with Gasteiger partial charge in [0.25, 0.3) is 5.91 Å². The fourth-order valence-electron chi connectivity index (χ4n) is 2.28. The lowest BCUT2D eigenvalue weighted by molar-refractivity contribution is -0.142. The number of nitrogens with zero attached hydrogens (tertiary/aromatic N) is 1. The monoisotopic (exact) mass is 414 g/mol. The number of hydrogen-bond acceptors (Lipinski definition) is 6. The number of rotatable bonds is 8. The summed E-state index contributed by atoms with van der Waals surface area (Å²) < 4.78 is 15.5. The molecule has 0 radical (unpaired) electrons. The molecule has 2 aromatic carbocycles. The molecule has 2 aromatic rings. The average Bonchev–Trinajstić information content (AvgIpc) is 2.71. The number of carbonyl (C=O) groups is 2. The van der Waals surface area contributed by atoms with E-state index in [-0.39, 0.29) is 12.2 Å². The Morgan fingerprint density at radius 2 is 1.97 bits per heavy atom. The smallest absolute Gasteiger partial charge is 0.343 e. The summed E-state index contributed by atoms with van der Waals surface area (Å²) in [5.41, 5.74) is 0.928. The van der Waals surface area contributed by atoms with Crippen molar-refractivity contribution in [3.63, 3.8) is 0 Å². The van der Waals surface area contributed by atoms with Crippen LogP contribution in [0.15, 0.2) is 48.0 Å². The highest BCUT2D eigenvalue weighted by Crippen LogP contribution is 2.29. The molecule has 0 spiro atoms. The predicted molar refractivity (Wildman–Crippen MR) is 109 cm³/mol. The van der Waals surface area contributed by atoms with Crippen LogP contribution in [0.5, 0.6) is 11.5 Å². The second-order valence-electron chi connectivity index (χ2n) is 5.64. The van der Waals surface area contributed by atoms with Crippen LogP contribution in [0.25, 0.3) is 6.08 Å². The van der Waals surface area contributed by atoms with Gasteiger partial charge in [0, 0.05) is 10.7 Å². The zero-order chi connectivity index (χ0) is 21.2. The summed E-state index contributed by atoms with van der Waals surface area (Å²) >= 11 is 5.90. The molecule has 29 heavy (non-hydrogen) atoms. The lowest BCUT2D eigenvalue weighted by atomic mass is 10.1. The van der Waals surface area contributed by atoms with Gasteiger partial charge in [0.15, 0.2) is 18.1 Å². The van der Waals surface area contributed by atoms with Crippen molar-refractivity contribution in [2.45, 2.75) is 6.92 Å². The average molecular weight is 415 g/mol. The summed E-state index contributed by atoms with van der Waals surface area (Å²) in [6.45, 7) is 1.89. The van der Waals surface area contributed by atoms with Crippen LogP contribution in [0.3, 0.4) is 0 Å². The Kier molecular flexibility index (Phi) is 8.07. The van der Waals surface area contributed by atoms with Crippen LogP contribution in [0.2, 0.25) is 5.02 Å². The van der Waals surface area contributed by atoms with E-state index in [2.05, 4.69) is 10.1 Å². The van der Waals surface area contributed by atoms with E-state index in [1.165, 1.54) is 13.2 Å². The number of nitriles is 1. The first-order valence-electron chi connectivity index (χ1n) is 8.62. The van der Waals surface area contributed by atoms with Crippen molar-refractivity contribution >= 4 is 35.2 Å². The normalized spacial score (nSPS) is 10.6. The third kappa shape index (κ3) is 6.55. The predicted octanol–water partition coefficient (Wildman–Crippen LogP) is 3.84. The van der Waals surface area contributed by atoms with E-state index >= 15 is 0 Å². The molecule has 0 unspecified atom stereocenters. The molecule has 0 heterocycles. The second kappa shape index (κ2) is 10.7. The molecule has 1 amide bonds. The summed E-state index contributed by atoms with van der Waals surface area (Å²) in [5.74, 6) is -0.381. The fourth-order valence-corrected chi connectivity index (χ4v) is 2.47. The zero-order valence-corrected chi connectivity index (χ0v) is 16.7. The number of nitrogens with one attached hydrogen (secondary N) is 1. The summed E-state index contributed by atoms with van der Waals surface area (Å²) in [6.07, 6.45) is 1.42. The number of hydrogen-bond donors (Lipinski definition) is 1. The highest BCUT2D eigenvalue weighted by molar-refractivity contribution is 6.31. The molecule has 2 rings (SSSR count). The quantitative estimate of drug-likeness (QED) is 0.400. The maximum Gasteiger partial charge on any atom is 0.343 e. The van der Waals surface area contributed by atoms with Crippen molar-refractivity contribution in [3.05, 3.63) is 58.6 Å². The number of amides is 1. The molecular weight excluding hydrogens is 396 g/mol. The van der Waals surface area contributed by atoms with E-state index in [4.69, 9.17) is 21.1 Å². The lowest BCUT2D eigenvalue weighted by Crippen LogP contribution is -2.13. The summed E-state index contributed by atoms with van der Waals surface area (Å²) in [6, 6.07) is 13.3. The molecule has 0 bridgehead atoms. The van der Waals surface area contributed by atoms with Crippen molar-refractivity contribution in [1.82, 2.24) is 0 Å². The van der Waals surface area contributed by atoms with E-state index in [1.807, 2.05) is 6.07 Å². The number of benzene rings is 2. The Morgan fingerprint density at radius 1 is 1.17 bits per heavy atom. The number of anilines is 1. The molecule has 0 aliphatic carbocycles. The SMILES string of the molecule is CCOc1cc(/C=C(\C#N)C(=O)Nc2cccc(Cl)c2)ccc1OCC(=O)OC. The number of esters is 1. The van der Waals surface area contributed by atoms with Gasteiger partial charge in [-0.15, -0.1) is 0 Å². The Bertz CT molecular complexity index is 966. The van der Waals surface area contributed by atoms with E-state index < -0.39 is 11.9 Å². The molecular formula is C21H19ClN2O5. The van der Waals surface area contributed by atoms with Crippen molar-refractivity contribution in [2.24, 2.45) is 0 Å². The molecule has 7 nitrogen and oxygen atoms in total. The molecule has 0 saturated heterocycles. The van der Waals surface area contributed by atoms with E-state index in [1.54, 1.807) is 49.4 Å². The first-order valence-corrected chi connectivity index (χ1v) is 8.99. The number of carbonyl (C=O) groups excluding carboxylic acids is 2. The molecule has 0 aliphatic heterocycles. The molecule has 1 N–H and O–H groups in total. The Hall–Kier alpha value is -3.50. The van der Waals surface area contributed by atoms with Gasteiger partial charge in [0.1, 0.15) is 11.6 Å². The molecule has 0 fully saturated rings. The van der Waals surface area contributed by atoms with Gasteiger partial charge in [-0.1, -0.05) is 23.7 Å². The van der Waals surface area contributed by atoms with Gasteiger partial charge < -0.3 is 19.5 Å². The van der Waals surface area contributed by atoms with Crippen molar-refractivity contribution in [2.75, 3.05) is 25.6 Å². The van der Waals surface area contributed by atoms with Crippen LogP contribution >= 0.6 is 11.6 Å². The van der Waals surface area contributed by atoms with Crippen molar-refractivity contribution in [1.29, 1.82) is 5.26 Å². The Morgan fingerprint density at radius 3 is 2.62 bits per heavy atom. The zero-order valence-electron chi connectivity index (χ0n) is 15.9. The molecule has 0 atom stereocenters. The molecule has 0 aliphatic rings. The summed E-state index contributed by atoms with van der Waals surface area (Å²) in [4.78, 5) is 23.7. The number of halogens is 1. The second-order valence-corrected chi connectivity index (χ2v) is 6.07. The van der Waals surface area contributed by atoms with Gasteiger partial charge in [-0.05, 0) is 48.9 Å². The third-order valence-electron chi connectivity index (χ3n) is 3.60. The summed E-state index contributed by atoms with van der Waals surface area (Å²) in [5, 5.41) is 12.5. The van der Waals surface area contributed by atoms with Gasteiger partial charge in [0.2, 0.25) is 0 Å². The van der Waals surface area contributed by atoms with Crippen LogP contribution in [0.4, 0.5) is 5.69 Å². The van der Waals surface area contributed by atoms with Crippen molar-refractivity contribution < 1.29 is 23.8 Å². The highest BCUT2D eigenvalue weighted by atomic mass is 35.5. The Balaban J connectivity index is 2.23. The van der Waals surface area contributed by atoms with Gasteiger partial charge in [-0.25, -0.2) is 4.79 Å². The van der Waals surface area contributed by atoms with E-state index in [0.717, 1.165) is 0 Å². The van der Waals surface area contributed by atoms with E-state index in [9.17, 15) is 14.9 Å². The van der Waals surface area contributed by atoms with Gasteiger partial charge in [-0.2, -0.15) is 5.26 Å². The summed E-state index contributed by atoms with van der Waals surface area (Å²) in [7, 11) is 1.26.